The molecule has 0 saturated carbocycles. The van der Waals surface area contributed by atoms with E-state index in [9.17, 15) is 13.2 Å². The SMILES string of the molecule is CCS(=O)(=O)N(CC(=O)Nc1cccc(C)c1C)c1ccc2c(c1)OCCO2. The second kappa shape index (κ2) is 8.10. The number of nitrogens with zero attached hydrogens (tertiary/aromatic N) is 1. The quantitative estimate of drug-likeness (QED) is 0.800. The highest BCUT2D eigenvalue weighted by molar-refractivity contribution is 7.92. The highest BCUT2D eigenvalue weighted by atomic mass is 32.2. The zero-order chi connectivity index (χ0) is 20.3. The van der Waals surface area contributed by atoms with Crippen LogP contribution in [0.15, 0.2) is 36.4 Å². The van der Waals surface area contributed by atoms with E-state index in [1.165, 1.54) is 0 Å². The normalized spacial score (nSPS) is 13.1. The zero-order valence-corrected chi connectivity index (χ0v) is 17.0. The van der Waals surface area contributed by atoms with Gasteiger partial charge in [-0.3, -0.25) is 9.10 Å². The van der Waals surface area contributed by atoms with Gasteiger partial charge in [0.2, 0.25) is 15.9 Å². The van der Waals surface area contributed by atoms with Crippen molar-refractivity contribution in [2.24, 2.45) is 0 Å². The van der Waals surface area contributed by atoms with Gasteiger partial charge in [0.1, 0.15) is 19.8 Å². The lowest BCUT2D eigenvalue weighted by Gasteiger charge is -2.26. The number of amides is 1. The first kappa shape index (κ1) is 20.0. The highest BCUT2D eigenvalue weighted by Gasteiger charge is 2.25. The Balaban J connectivity index is 1.87. The lowest BCUT2D eigenvalue weighted by molar-refractivity contribution is -0.114. The van der Waals surface area contributed by atoms with Crippen molar-refractivity contribution in [1.82, 2.24) is 0 Å². The average molecular weight is 404 g/mol. The number of benzene rings is 2. The van der Waals surface area contributed by atoms with Crippen LogP contribution in [0.1, 0.15) is 18.1 Å². The summed E-state index contributed by atoms with van der Waals surface area (Å²) in [6.07, 6.45) is 0. The molecule has 28 heavy (non-hydrogen) atoms. The third kappa shape index (κ3) is 4.22. The molecule has 1 aliphatic rings. The Kier molecular flexibility index (Phi) is 5.79. The van der Waals surface area contributed by atoms with Crippen molar-refractivity contribution in [3.05, 3.63) is 47.5 Å². The fourth-order valence-electron chi connectivity index (χ4n) is 2.90. The predicted octanol–water partition coefficient (Wildman–Crippen LogP) is 2.87. The van der Waals surface area contributed by atoms with Gasteiger partial charge in [0.25, 0.3) is 0 Å². The van der Waals surface area contributed by atoms with E-state index < -0.39 is 15.9 Å². The molecule has 2 aromatic rings. The van der Waals surface area contributed by atoms with Gasteiger partial charge in [0, 0.05) is 11.8 Å². The minimum absolute atomic E-state index is 0.127. The number of anilines is 2. The van der Waals surface area contributed by atoms with Crippen molar-refractivity contribution in [1.29, 1.82) is 0 Å². The lowest BCUT2D eigenvalue weighted by Crippen LogP contribution is -2.39. The van der Waals surface area contributed by atoms with Crippen LogP contribution in [0.4, 0.5) is 11.4 Å². The molecule has 1 heterocycles. The fourth-order valence-corrected chi connectivity index (χ4v) is 3.96. The van der Waals surface area contributed by atoms with Crippen molar-refractivity contribution in [3.8, 4) is 11.5 Å². The Hall–Kier alpha value is -2.74. The first-order valence-corrected chi connectivity index (χ1v) is 10.7. The highest BCUT2D eigenvalue weighted by Crippen LogP contribution is 2.34. The van der Waals surface area contributed by atoms with E-state index in [2.05, 4.69) is 5.32 Å². The van der Waals surface area contributed by atoms with Gasteiger partial charge >= 0.3 is 0 Å². The Bertz CT molecular complexity index is 988. The van der Waals surface area contributed by atoms with Gasteiger partial charge in [-0.15, -0.1) is 0 Å². The zero-order valence-electron chi connectivity index (χ0n) is 16.2. The topological polar surface area (TPSA) is 84.9 Å². The second-order valence-electron chi connectivity index (χ2n) is 6.53. The number of carbonyl (C=O) groups is 1. The molecule has 7 nitrogen and oxygen atoms in total. The molecular formula is C20H24N2O5S. The monoisotopic (exact) mass is 404 g/mol. The number of nitrogens with one attached hydrogen (secondary N) is 1. The molecule has 0 spiro atoms. The minimum atomic E-state index is -3.67. The summed E-state index contributed by atoms with van der Waals surface area (Å²) in [7, 11) is -3.67. The molecule has 1 amide bonds. The van der Waals surface area contributed by atoms with E-state index in [4.69, 9.17) is 9.47 Å². The third-order valence-corrected chi connectivity index (χ3v) is 6.42. The van der Waals surface area contributed by atoms with E-state index in [0.717, 1.165) is 15.4 Å². The molecule has 8 heteroatoms. The van der Waals surface area contributed by atoms with Crippen molar-refractivity contribution in [2.45, 2.75) is 20.8 Å². The summed E-state index contributed by atoms with van der Waals surface area (Å²) in [6, 6.07) is 10.5. The molecule has 2 aromatic carbocycles. The van der Waals surface area contributed by atoms with E-state index in [-0.39, 0.29) is 12.3 Å². The first-order chi connectivity index (χ1) is 13.3. The van der Waals surface area contributed by atoms with Gasteiger partial charge in [-0.05, 0) is 50.1 Å². The molecule has 0 aliphatic carbocycles. The number of ether oxygens (including phenoxy) is 2. The Morgan fingerprint density at radius 1 is 1.11 bits per heavy atom. The molecule has 1 N–H and O–H groups in total. The van der Waals surface area contributed by atoms with Crippen molar-refractivity contribution >= 4 is 27.3 Å². The molecule has 150 valence electrons. The summed E-state index contributed by atoms with van der Waals surface area (Å²) in [5.74, 6) is 0.484. The average Bonchev–Trinajstić information content (AvgIpc) is 2.69. The Morgan fingerprint density at radius 3 is 2.54 bits per heavy atom. The van der Waals surface area contributed by atoms with Gasteiger partial charge in [-0.2, -0.15) is 0 Å². The van der Waals surface area contributed by atoms with E-state index in [1.54, 1.807) is 31.2 Å². The largest absolute Gasteiger partial charge is 0.486 e. The van der Waals surface area contributed by atoms with E-state index in [0.29, 0.717) is 36.1 Å². The van der Waals surface area contributed by atoms with Crippen LogP contribution in [0.5, 0.6) is 11.5 Å². The van der Waals surface area contributed by atoms with Gasteiger partial charge < -0.3 is 14.8 Å². The maximum atomic E-state index is 12.7. The lowest BCUT2D eigenvalue weighted by atomic mass is 10.1. The van der Waals surface area contributed by atoms with Crippen LogP contribution in [0, 0.1) is 13.8 Å². The number of sulfonamides is 1. The number of fused-ring (bicyclic) bond motifs is 1. The van der Waals surface area contributed by atoms with Crippen LogP contribution in [0.2, 0.25) is 0 Å². The number of rotatable bonds is 6. The summed E-state index contributed by atoms with van der Waals surface area (Å²) < 4.78 is 37.4. The summed E-state index contributed by atoms with van der Waals surface area (Å²) in [6.45, 7) is 5.91. The van der Waals surface area contributed by atoms with Gasteiger partial charge in [0.05, 0.1) is 11.4 Å². The number of carbonyl (C=O) groups excluding carboxylic acids is 1. The number of hydrogen-bond donors (Lipinski definition) is 1. The van der Waals surface area contributed by atoms with Gasteiger partial charge in [-0.25, -0.2) is 8.42 Å². The van der Waals surface area contributed by atoms with E-state index >= 15 is 0 Å². The molecule has 0 atom stereocenters. The maximum absolute atomic E-state index is 12.7. The molecular weight excluding hydrogens is 380 g/mol. The summed E-state index contributed by atoms with van der Waals surface area (Å²) in [4.78, 5) is 12.6. The van der Waals surface area contributed by atoms with Gasteiger partial charge in [0.15, 0.2) is 11.5 Å². The third-order valence-electron chi connectivity index (χ3n) is 4.68. The fraction of sp³-hybridized carbons (Fsp3) is 0.350. The molecule has 0 saturated heterocycles. The van der Waals surface area contributed by atoms with Crippen LogP contribution in [0.25, 0.3) is 0 Å². The van der Waals surface area contributed by atoms with Crippen molar-refractivity contribution < 1.29 is 22.7 Å². The summed E-state index contributed by atoms with van der Waals surface area (Å²) >= 11 is 0. The summed E-state index contributed by atoms with van der Waals surface area (Å²) in [5.41, 5.74) is 3.02. The predicted molar refractivity (Wildman–Crippen MR) is 109 cm³/mol. The minimum Gasteiger partial charge on any atom is -0.486 e. The Labute approximate surface area is 165 Å². The first-order valence-electron chi connectivity index (χ1n) is 9.08. The van der Waals surface area contributed by atoms with Crippen molar-refractivity contribution in [2.75, 3.05) is 35.1 Å². The van der Waals surface area contributed by atoms with Crippen molar-refractivity contribution in [3.63, 3.8) is 0 Å². The molecule has 3 rings (SSSR count). The molecule has 0 fully saturated rings. The molecule has 1 aliphatic heterocycles. The molecule has 0 radical (unpaired) electrons. The molecule has 0 unspecified atom stereocenters. The van der Waals surface area contributed by atoms with Crippen LogP contribution in [-0.2, 0) is 14.8 Å². The van der Waals surface area contributed by atoms with Crippen LogP contribution < -0.4 is 19.1 Å². The standard InChI is InChI=1S/C20H24N2O5S/c1-4-28(24,25)22(16-8-9-18-19(12-16)27-11-10-26-18)13-20(23)21-17-7-5-6-14(2)15(17)3/h5-9,12H,4,10-11,13H2,1-3H3,(H,21,23). The molecule has 0 aromatic heterocycles. The maximum Gasteiger partial charge on any atom is 0.245 e. The van der Waals surface area contributed by atoms with Crippen LogP contribution in [-0.4, -0.2) is 39.8 Å². The second-order valence-corrected chi connectivity index (χ2v) is 8.71. The van der Waals surface area contributed by atoms with E-state index in [1.807, 2.05) is 26.0 Å². The van der Waals surface area contributed by atoms with Crippen LogP contribution in [0.3, 0.4) is 0 Å². The Morgan fingerprint density at radius 2 is 1.82 bits per heavy atom. The number of aryl methyl sites for hydroxylation is 1. The number of hydrogen-bond acceptors (Lipinski definition) is 5. The smallest absolute Gasteiger partial charge is 0.245 e. The van der Waals surface area contributed by atoms with Crippen LogP contribution >= 0.6 is 0 Å². The van der Waals surface area contributed by atoms with Gasteiger partial charge in [-0.1, -0.05) is 12.1 Å². The molecule has 0 bridgehead atoms. The summed E-state index contributed by atoms with van der Waals surface area (Å²) in [5, 5.41) is 2.81.